The second-order valence-corrected chi connectivity index (χ2v) is 11.8. The maximum absolute atomic E-state index is 12.5. The Bertz CT molecular complexity index is 1360. The molecule has 216 valence electrons. The molecule has 4 aliphatic rings. The molecule has 4 heterocycles. The molecular weight excluding hydrogens is 516 g/mol. The van der Waals surface area contributed by atoms with Gasteiger partial charge >= 0.3 is 0 Å². The standard InChI is InChI=1S/C31H40N8O2/c1-5-29(40)39-15-14-36(18-23(39)10-12-32)30-26-9-7-22(38-13-11-21-6-8-25(41-4)17-28(21)38)16-27(26)33-31(34-30)37-19-24(20-37)35(2)3/h5-6,8,17,22-24H,1,7,9-11,13-16,18-20H2,2-4H3. The average Bonchev–Trinajstić information content (AvgIpc) is 3.38. The second-order valence-electron chi connectivity index (χ2n) is 11.8. The van der Waals surface area contributed by atoms with E-state index in [1.54, 1.807) is 12.0 Å². The lowest BCUT2D eigenvalue weighted by atomic mass is 9.90. The summed E-state index contributed by atoms with van der Waals surface area (Å²) in [6, 6.07) is 9.38. The summed E-state index contributed by atoms with van der Waals surface area (Å²) in [6.45, 7) is 8.30. The molecule has 2 saturated heterocycles. The van der Waals surface area contributed by atoms with E-state index < -0.39 is 0 Å². The summed E-state index contributed by atoms with van der Waals surface area (Å²) in [6.07, 6.45) is 5.49. The first-order chi connectivity index (χ1) is 19.9. The number of hydrogen-bond acceptors (Lipinski definition) is 9. The van der Waals surface area contributed by atoms with Crippen molar-refractivity contribution in [3.8, 4) is 11.8 Å². The van der Waals surface area contributed by atoms with Gasteiger partial charge in [-0.15, -0.1) is 0 Å². The number of carbonyl (C=O) groups excluding carboxylic acids is 1. The Morgan fingerprint density at radius 2 is 2.00 bits per heavy atom. The van der Waals surface area contributed by atoms with Crippen LogP contribution in [0.5, 0.6) is 5.75 Å². The van der Waals surface area contributed by atoms with Crippen molar-refractivity contribution >= 4 is 23.4 Å². The molecule has 1 aromatic carbocycles. The fraction of sp³-hybridized carbons (Fsp3) is 0.548. The van der Waals surface area contributed by atoms with Crippen LogP contribution in [0.15, 0.2) is 30.9 Å². The molecule has 2 unspecified atom stereocenters. The lowest BCUT2D eigenvalue weighted by Crippen LogP contribution is -2.58. The fourth-order valence-corrected chi connectivity index (χ4v) is 6.80. The molecule has 0 N–H and O–H groups in total. The number of anilines is 3. The highest BCUT2D eigenvalue weighted by molar-refractivity contribution is 5.87. The minimum Gasteiger partial charge on any atom is -0.497 e. The molecule has 2 atom stereocenters. The number of piperazine rings is 1. The summed E-state index contributed by atoms with van der Waals surface area (Å²) >= 11 is 0. The average molecular weight is 557 g/mol. The minimum atomic E-state index is -0.192. The highest BCUT2D eigenvalue weighted by Gasteiger charge is 2.37. The molecule has 10 nitrogen and oxygen atoms in total. The van der Waals surface area contributed by atoms with Gasteiger partial charge in [-0.2, -0.15) is 10.2 Å². The molecule has 3 aliphatic heterocycles. The van der Waals surface area contributed by atoms with Crippen molar-refractivity contribution in [1.29, 1.82) is 5.26 Å². The number of aromatic nitrogens is 2. The van der Waals surface area contributed by atoms with E-state index >= 15 is 0 Å². The summed E-state index contributed by atoms with van der Waals surface area (Å²) in [5.41, 5.74) is 5.02. The largest absolute Gasteiger partial charge is 0.497 e. The number of methoxy groups -OCH3 is 1. The number of likely N-dealkylation sites (N-methyl/N-ethyl adjacent to an activating group) is 1. The Labute approximate surface area is 242 Å². The van der Waals surface area contributed by atoms with E-state index in [-0.39, 0.29) is 18.4 Å². The lowest BCUT2D eigenvalue weighted by molar-refractivity contribution is -0.128. The quantitative estimate of drug-likeness (QED) is 0.476. The van der Waals surface area contributed by atoms with Gasteiger partial charge in [0.1, 0.15) is 11.6 Å². The molecular formula is C31H40N8O2. The molecule has 0 radical (unpaired) electrons. The predicted molar refractivity (Wildman–Crippen MR) is 160 cm³/mol. The van der Waals surface area contributed by atoms with Crippen LogP contribution in [0.25, 0.3) is 0 Å². The molecule has 0 spiro atoms. The molecule has 0 saturated carbocycles. The Morgan fingerprint density at radius 3 is 2.73 bits per heavy atom. The SMILES string of the molecule is C=CC(=O)N1CCN(c2nc(N3CC(N(C)C)C3)nc3c2CCC(N2CCc4ccc(OC)cc42)C3)CC1CC#N. The van der Waals surface area contributed by atoms with Crippen LogP contribution in [-0.2, 0) is 24.1 Å². The van der Waals surface area contributed by atoms with Gasteiger partial charge in [-0.25, -0.2) is 4.98 Å². The monoisotopic (exact) mass is 556 g/mol. The van der Waals surface area contributed by atoms with Crippen molar-refractivity contribution < 1.29 is 9.53 Å². The van der Waals surface area contributed by atoms with Crippen LogP contribution >= 0.6 is 0 Å². The van der Waals surface area contributed by atoms with Gasteiger partial charge in [-0.1, -0.05) is 12.6 Å². The molecule has 2 fully saturated rings. The molecule has 41 heavy (non-hydrogen) atoms. The van der Waals surface area contributed by atoms with E-state index in [1.165, 1.54) is 22.9 Å². The third kappa shape index (κ3) is 5.08. The zero-order valence-electron chi connectivity index (χ0n) is 24.4. The Hall–Kier alpha value is -3.84. The van der Waals surface area contributed by atoms with Crippen LogP contribution in [0.3, 0.4) is 0 Å². The number of amides is 1. The van der Waals surface area contributed by atoms with E-state index in [0.717, 1.165) is 68.5 Å². The molecule has 1 amide bonds. The molecule has 0 bridgehead atoms. The maximum atomic E-state index is 12.5. The lowest BCUT2D eigenvalue weighted by Gasteiger charge is -2.45. The highest BCUT2D eigenvalue weighted by atomic mass is 16.5. The van der Waals surface area contributed by atoms with Gasteiger partial charge in [0.2, 0.25) is 11.9 Å². The second kappa shape index (κ2) is 11.2. The summed E-state index contributed by atoms with van der Waals surface area (Å²) in [5, 5.41) is 9.52. The van der Waals surface area contributed by atoms with Crippen molar-refractivity contribution in [3.63, 3.8) is 0 Å². The van der Waals surface area contributed by atoms with Crippen LogP contribution in [-0.4, -0.2) is 104 Å². The van der Waals surface area contributed by atoms with Gasteiger partial charge in [-0.3, -0.25) is 4.79 Å². The first-order valence-electron chi connectivity index (χ1n) is 14.7. The van der Waals surface area contributed by atoms with E-state index in [9.17, 15) is 10.1 Å². The minimum absolute atomic E-state index is 0.115. The molecule has 10 heteroatoms. The molecule has 1 aliphatic carbocycles. The number of ether oxygens (including phenoxy) is 1. The zero-order chi connectivity index (χ0) is 28.7. The smallest absolute Gasteiger partial charge is 0.246 e. The Balaban J connectivity index is 1.31. The van der Waals surface area contributed by atoms with Gasteiger partial charge in [0.15, 0.2) is 0 Å². The fourth-order valence-electron chi connectivity index (χ4n) is 6.80. The topological polar surface area (TPSA) is 92.1 Å². The number of rotatable bonds is 7. The van der Waals surface area contributed by atoms with Gasteiger partial charge in [0.25, 0.3) is 0 Å². The van der Waals surface area contributed by atoms with Crippen LogP contribution in [0.1, 0.15) is 29.7 Å². The molecule has 6 rings (SSSR count). The number of nitriles is 1. The Kier molecular flexibility index (Phi) is 7.47. The van der Waals surface area contributed by atoms with Crippen molar-refractivity contribution in [1.82, 2.24) is 19.8 Å². The maximum Gasteiger partial charge on any atom is 0.246 e. The predicted octanol–water partition coefficient (Wildman–Crippen LogP) is 2.27. The first kappa shape index (κ1) is 27.3. The van der Waals surface area contributed by atoms with Crippen molar-refractivity contribution in [3.05, 3.63) is 47.7 Å². The summed E-state index contributed by atoms with van der Waals surface area (Å²) in [5.74, 6) is 2.56. The summed E-state index contributed by atoms with van der Waals surface area (Å²) in [7, 11) is 5.96. The van der Waals surface area contributed by atoms with Crippen LogP contribution < -0.4 is 19.4 Å². The number of carbonyl (C=O) groups is 1. The first-order valence-corrected chi connectivity index (χ1v) is 14.7. The van der Waals surface area contributed by atoms with Crippen LogP contribution in [0.2, 0.25) is 0 Å². The number of hydrogen-bond donors (Lipinski definition) is 0. The van der Waals surface area contributed by atoms with Crippen LogP contribution in [0, 0.1) is 11.3 Å². The van der Waals surface area contributed by atoms with Gasteiger partial charge < -0.3 is 29.2 Å². The van der Waals surface area contributed by atoms with Crippen molar-refractivity contribution in [2.45, 2.75) is 50.2 Å². The zero-order valence-corrected chi connectivity index (χ0v) is 24.4. The van der Waals surface area contributed by atoms with E-state index in [1.807, 2.05) is 0 Å². The van der Waals surface area contributed by atoms with E-state index in [4.69, 9.17) is 14.7 Å². The van der Waals surface area contributed by atoms with E-state index in [0.29, 0.717) is 31.7 Å². The van der Waals surface area contributed by atoms with Gasteiger partial charge in [-0.05, 0) is 51.1 Å². The highest BCUT2D eigenvalue weighted by Crippen LogP contribution is 2.39. The van der Waals surface area contributed by atoms with Crippen LogP contribution in [0.4, 0.5) is 17.5 Å². The third-order valence-corrected chi connectivity index (χ3v) is 9.32. The molecule has 2 aromatic rings. The van der Waals surface area contributed by atoms with Gasteiger partial charge in [0, 0.05) is 75.1 Å². The third-order valence-electron chi connectivity index (χ3n) is 9.32. The van der Waals surface area contributed by atoms with Gasteiger partial charge in [0.05, 0.1) is 31.3 Å². The number of benzene rings is 1. The normalized spacial score (nSPS) is 22.2. The molecule has 1 aromatic heterocycles. The van der Waals surface area contributed by atoms with Crippen molar-refractivity contribution in [2.75, 3.05) is 75.2 Å². The van der Waals surface area contributed by atoms with E-state index in [2.05, 4.69) is 64.5 Å². The van der Waals surface area contributed by atoms with Crippen molar-refractivity contribution in [2.24, 2.45) is 0 Å². The summed E-state index contributed by atoms with van der Waals surface area (Å²) < 4.78 is 5.54. The number of fused-ring (bicyclic) bond motifs is 2. The Morgan fingerprint density at radius 1 is 1.17 bits per heavy atom. The summed E-state index contributed by atoms with van der Waals surface area (Å²) in [4.78, 5) is 34.1. The number of nitrogens with zero attached hydrogens (tertiary/aromatic N) is 8.